The first kappa shape index (κ1) is 14.2. The summed E-state index contributed by atoms with van der Waals surface area (Å²) < 4.78 is 0. The number of amides is 1. The van der Waals surface area contributed by atoms with E-state index in [4.69, 9.17) is 17.3 Å². The van der Waals surface area contributed by atoms with E-state index < -0.39 is 0 Å². The van der Waals surface area contributed by atoms with Crippen molar-refractivity contribution in [2.24, 2.45) is 0 Å². The van der Waals surface area contributed by atoms with Gasteiger partial charge in [-0.05, 0) is 5.56 Å². The summed E-state index contributed by atoms with van der Waals surface area (Å²) in [5.41, 5.74) is 8.36. The number of nitrogens with zero attached hydrogens (tertiary/aromatic N) is 2. The van der Waals surface area contributed by atoms with Crippen LogP contribution in [0.15, 0.2) is 36.5 Å². The van der Waals surface area contributed by atoms with Crippen LogP contribution < -0.4 is 11.1 Å². The summed E-state index contributed by atoms with van der Waals surface area (Å²) in [6.45, 7) is 0.300. The predicted octanol–water partition coefficient (Wildman–Crippen LogP) is 1.97. The lowest BCUT2D eigenvalue weighted by molar-refractivity contribution is 0.0946. The lowest BCUT2D eigenvalue weighted by Gasteiger charge is -2.05. The van der Waals surface area contributed by atoms with Gasteiger partial charge in [0, 0.05) is 12.1 Å². The molecule has 3 aromatic rings. The van der Waals surface area contributed by atoms with Gasteiger partial charge in [0.1, 0.15) is 10.7 Å². The molecule has 1 aromatic carbocycles. The zero-order valence-electron chi connectivity index (χ0n) is 11.4. The van der Waals surface area contributed by atoms with Gasteiger partial charge in [0.25, 0.3) is 5.91 Å². The van der Waals surface area contributed by atoms with Crippen LogP contribution in [-0.2, 0) is 6.54 Å². The number of halogens is 1. The highest BCUT2D eigenvalue weighted by molar-refractivity contribution is 6.35. The molecule has 0 saturated heterocycles. The maximum absolute atomic E-state index is 12.1. The first-order valence-electron chi connectivity index (χ1n) is 6.52. The third-order valence-electron chi connectivity index (χ3n) is 3.18. The smallest absolute Gasteiger partial charge is 0.271 e. The van der Waals surface area contributed by atoms with Crippen LogP contribution in [0, 0.1) is 0 Å². The average molecular weight is 317 g/mol. The maximum atomic E-state index is 12.1. The Labute approximate surface area is 130 Å². The third kappa shape index (κ3) is 2.66. The van der Waals surface area contributed by atoms with Gasteiger partial charge in [-0.3, -0.25) is 15.0 Å². The van der Waals surface area contributed by atoms with Crippen LogP contribution in [0.25, 0.3) is 11.3 Å². The number of anilines is 1. The topological polar surface area (TPSA) is 112 Å². The molecule has 0 aliphatic carbocycles. The van der Waals surface area contributed by atoms with Crippen molar-refractivity contribution in [1.29, 1.82) is 0 Å². The van der Waals surface area contributed by atoms with Crippen molar-refractivity contribution in [3.63, 3.8) is 0 Å². The predicted molar refractivity (Wildman–Crippen MR) is 83.2 cm³/mol. The molecule has 0 bridgehead atoms. The summed E-state index contributed by atoms with van der Waals surface area (Å²) >= 11 is 5.89. The van der Waals surface area contributed by atoms with Crippen LogP contribution in [0.2, 0.25) is 5.02 Å². The van der Waals surface area contributed by atoms with Gasteiger partial charge in [-0.15, -0.1) is 0 Å². The van der Waals surface area contributed by atoms with Crippen LogP contribution in [0.4, 0.5) is 5.82 Å². The van der Waals surface area contributed by atoms with Crippen LogP contribution in [-0.4, -0.2) is 26.3 Å². The first-order valence-corrected chi connectivity index (χ1v) is 6.90. The molecular formula is C14H13ClN6O. The van der Waals surface area contributed by atoms with Gasteiger partial charge in [-0.25, -0.2) is 0 Å². The normalized spacial score (nSPS) is 10.6. The molecule has 0 radical (unpaired) electrons. The van der Waals surface area contributed by atoms with Crippen LogP contribution >= 0.6 is 11.6 Å². The van der Waals surface area contributed by atoms with Gasteiger partial charge in [-0.1, -0.05) is 41.9 Å². The minimum absolute atomic E-state index is 0.0973. The summed E-state index contributed by atoms with van der Waals surface area (Å²) in [4.78, 5) is 12.1. The number of nitrogens with one attached hydrogen (secondary N) is 3. The standard InChI is InChI=1S/C14H13ClN6O/c15-10-12(20-21-13(10)16)14(22)17-6-9-7-18-19-11(9)8-4-2-1-3-5-8/h1-5,7H,6H2,(H,17,22)(H,18,19)(H3,16,20,21). The van der Waals surface area contributed by atoms with E-state index in [2.05, 4.69) is 25.7 Å². The highest BCUT2D eigenvalue weighted by Crippen LogP contribution is 2.22. The SMILES string of the molecule is Nc1n[nH]c(C(=O)NCc2cn[nH]c2-c2ccccc2)c1Cl. The number of hydrogen-bond donors (Lipinski definition) is 4. The molecule has 1 amide bonds. The Balaban J connectivity index is 1.74. The maximum Gasteiger partial charge on any atom is 0.271 e. The van der Waals surface area contributed by atoms with Crippen molar-refractivity contribution in [1.82, 2.24) is 25.7 Å². The number of nitrogen functional groups attached to an aromatic ring is 1. The molecule has 0 spiro atoms. The Morgan fingerprint density at radius 3 is 2.73 bits per heavy atom. The van der Waals surface area contributed by atoms with Gasteiger partial charge in [0.2, 0.25) is 0 Å². The van der Waals surface area contributed by atoms with Crippen molar-refractivity contribution >= 4 is 23.3 Å². The van der Waals surface area contributed by atoms with Gasteiger partial charge >= 0.3 is 0 Å². The summed E-state index contributed by atoms with van der Waals surface area (Å²) in [5.74, 6) is -0.283. The van der Waals surface area contributed by atoms with E-state index in [-0.39, 0.29) is 22.4 Å². The fraction of sp³-hybridized carbons (Fsp3) is 0.0714. The second kappa shape index (κ2) is 5.90. The number of carbonyl (C=O) groups is 1. The fourth-order valence-electron chi connectivity index (χ4n) is 2.06. The summed E-state index contributed by atoms with van der Waals surface area (Å²) in [5, 5.41) is 16.0. The Bertz CT molecular complexity index is 795. The van der Waals surface area contributed by atoms with E-state index in [1.54, 1.807) is 6.20 Å². The van der Waals surface area contributed by atoms with Gasteiger partial charge in [0.05, 0.1) is 11.9 Å². The lowest BCUT2D eigenvalue weighted by atomic mass is 10.1. The van der Waals surface area contributed by atoms with E-state index in [9.17, 15) is 4.79 Å². The van der Waals surface area contributed by atoms with E-state index in [1.807, 2.05) is 30.3 Å². The molecule has 112 valence electrons. The summed E-state index contributed by atoms with van der Waals surface area (Å²) in [6, 6.07) is 9.74. The van der Waals surface area contributed by atoms with Crippen molar-refractivity contribution in [2.75, 3.05) is 5.73 Å². The highest BCUT2D eigenvalue weighted by Gasteiger charge is 2.16. The molecule has 22 heavy (non-hydrogen) atoms. The Hall–Kier alpha value is -2.80. The molecule has 0 fully saturated rings. The van der Waals surface area contributed by atoms with Gasteiger partial charge in [0.15, 0.2) is 5.82 Å². The summed E-state index contributed by atoms with van der Waals surface area (Å²) in [6.07, 6.45) is 1.67. The molecule has 5 N–H and O–H groups in total. The number of aromatic amines is 2. The second-order valence-corrected chi connectivity index (χ2v) is 4.99. The van der Waals surface area contributed by atoms with E-state index in [0.29, 0.717) is 6.54 Å². The molecule has 2 heterocycles. The van der Waals surface area contributed by atoms with E-state index in [0.717, 1.165) is 16.8 Å². The zero-order chi connectivity index (χ0) is 15.5. The number of carbonyl (C=O) groups excluding carboxylic acids is 1. The minimum atomic E-state index is -0.380. The largest absolute Gasteiger partial charge is 0.381 e. The van der Waals surface area contributed by atoms with Crippen LogP contribution in [0.5, 0.6) is 0 Å². The Morgan fingerprint density at radius 1 is 1.27 bits per heavy atom. The number of benzene rings is 1. The minimum Gasteiger partial charge on any atom is -0.381 e. The molecule has 0 aliphatic rings. The highest BCUT2D eigenvalue weighted by atomic mass is 35.5. The Morgan fingerprint density at radius 2 is 2.05 bits per heavy atom. The quantitative estimate of drug-likeness (QED) is 0.589. The molecular weight excluding hydrogens is 304 g/mol. The molecule has 0 unspecified atom stereocenters. The van der Waals surface area contributed by atoms with Crippen molar-refractivity contribution in [3.8, 4) is 11.3 Å². The molecule has 7 nitrogen and oxygen atoms in total. The molecule has 0 aliphatic heterocycles. The molecule has 0 saturated carbocycles. The zero-order valence-corrected chi connectivity index (χ0v) is 12.2. The van der Waals surface area contributed by atoms with Gasteiger partial charge in [-0.2, -0.15) is 10.2 Å². The van der Waals surface area contributed by atoms with Crippen LogP contribution in [0.1, 0.15) is 16.1 Å². The first-order chi connectivity index (χ1) is 10.7. The molecule has 0 atom stereocenters. The molecule has 3 rings (SSSR count). The van der Waals surface area contributed by atoms with E-state index >= 15 is 0 Å². The molecule has 2 aromatic heterocycles. The summed E-state index contributed by atoms with van der Waals surface area (Å²) in [7, 11) is 0. The van der Waals surface area contributed by atoms with Crippen molar-refractivity contribution in [2.45, 2.75) is 6.54 Å². The average Bonchev–Trinajstić information content (AvgIpc) is 3.14. The third-order valence-corrected chi connectivity index (χ3v) is 3.56. The number of aromatic nitrogens is 4. The van der Waals surface area contributed by atoms with Gasteiger partial charge < -0.3 is 11.1 Å². The van der Waals surface area contributed by atoms with Crippen LogP contribution in [0.3, 0.4) is 0 Å². The van der Waals surface area contributed by atoms with Crippen molar-refractivity contribution < 1.29 is 4.79 Å². The fourth-order valence-corrected chi connectivity index (χ4v) is 2.23. The number of H-pyrrole nitrogens is 2. The Kier molecular flexibility index (Phi) is 3.80. The number of rotatable bonds is 4. The molecule has 8 heteroatoms. The number of nitrogens with two attached hydrogens (primary N) is 1. The lowest BCUT2D eigenvalue weighted by Crippen LogP contribution is -2.23. The van der Waals surface area contributed by atoms with E-state index in [1.165, 1.54) is 0 Å². The van der Waals surface area contributed by atoms with Crippen molar-refractivity contribution in [3.05, 3.63) is 52.8 Å². The second-order valence-electron chi connectivity index (χ2n) is 4.62. The monoisotopic (exact) mass is 316 g/mol. The number of hydrogen-bond acceptors (Lipinski definition) is 4.